The van der Waals surface area contributed by atoms with E-state index in [1.54, 1.807) is 6.20 Å². The monoisotopic (exact) mass is 245 g/mol. The van der Waals surface area contributed by atoms with E-state index in [2.05, 4.69) is 28.5 Å². The average molecular weight is 246 g/mol. The first-order valence-electron chi connectivity index (χ1n) is 4.89. The fraction of sp³-hybridized carbons (Fsp3) is 0.600. The highest BCUT2D eigenvalue weighted by Crippen LogP contribution is 2.14. The zero-order valence-electron chi connectivity index (χ0n) is 9.25. The number of anilines is 1. The Morgan fingerprint density at radius 1 is 1.60 bits per heavy atom. The van der Waals surface area contributed by atoms with Gasteiger partial charge in [-0.05, 0) is 31.2 Å². The Hall–Kier alpha value is -0.480. The van der Waals surface area contributed by atoms with E-state index in [-0.39, 0.29) is 0 Å². The van der Waals surface area contributed by atoms with E-state index in [1.165, 1.54) is 0 Å². The second kappa shape index (κ2) is 6.18. The van der Waals surface area contributed by atoms with Crippen LogP contribution in [0.4, 0.5) is 5.82 Å². The first-order valence-corrected chi connectivity index (χ1v) is 6.56. The van der Waals surface area contributed by atoms with Crippen LogP contribution in [0.25, 0.3) is 0 Å². The highest BCUT2D eigenvalue weighted by Gasteiger charge is 2.03. The summed E-state index contributed by atoms with van der Waals surface area (Å²) in [6.07, 6.45) is 4.97. The van der Waals surface area contributed by atoms with E-state index < -0.39 is 0 Å². The predicted molar refractivity (Wildman–Crippen MR) is 67.9 cm³/mol. The highest BCUT2D eigenvalue weighted by molar-refractivity contribution is 7.99. The van der Waals surface area contributed by atoms with Gasteiger partial charge in [0, 0.05) is 23.6 Å². The normalized spacial score (nSPS) is 12.5. The second-order valence-corrected chi connectivity index (χ2v) is 5.05. The third kappa shape index (κ3) is 4.26. The molecule has 1 aromatic heterocycles. The molecule has 84 valence electrons. The van der Waals surface area contributed by atoms with Crippen LogP contribution in [0, 0.1) is 6.92 Å². The number of nitrogens with zero attached hydrogens (tertiary/aromatic N) is 2. The van der Waals surface area contributed by atoms with Gasteiger partial charge in [-0.25, -0.2) is 9.97 Å². The maximum Gasteiger partial charge on any atom is 0.224 e. The van der Waals surface area contributed by atoms with Gasteiger partial charge in [-0.1, -0.05) is 6.92 Å². The van der Waals surface area contributed by atoms with Crippen molar-refractivity contribution in [2.24, 2.45) is 0 Å². The molecule has 0 saturated heterocycles. The second-order valence-electron chi connectivity index (χ2n) is 3.43. The lowest BCUT2D eigenvalue weighted by atomic mass is 10.3. The van der Waals surface area contributed by atoms with Crippen LogP contribution in [0.15, 0.2) is 6.20 Å². The molecule has 0 radical (unpaired) electrons. The Balaban J connectivity index is 2.46. The average Bonchev–Trinajstić information content (AvgIpc) is 2.23. The molecule has 1 atom stereocenters. The summed E-state index contributed by atoms with van der Waals surface area (Å²) in [7, 11) is 0. The molecule has 15 heavy (non-hydrogen) atoms. The molecule has 0 fully saturated rings. The number of thioether (sulfide) groups is 1. The van der Waals surface area contributed by atoms with Crippen molar-refractivity contribution in [2.75, 3.05) is 18.1 Å². The van der Waals surface area contributed by atoms with Crippen molar-refractivity contribution in [1.29, 1.82) is 0 Å². The van der Waals surface area contributed by atoms with E-state index >= 15 is 0 Å². The first kappa shape index (κ1) is 12.6. The first-order chi connectivity index (χ1) is 7.13. The Kier molecular flexibility index (Phi) is 5.19. The van der Waals surface area contributed by atoms with E-state index in [1.807, 2.05) is 18.7 Å². The van der Waals surface area contributed by atoms with Crippen molar-refractivity contribution in [3.63, 3.8) is 0 Å². The summed E-state index contributed by atoms with van der Waals surface area (Å²) < 4.78 is 0. The molecule has 1 unspecified atom stereocenters. The van der Waals surface area contributed by atoms with Gasteiger partial charge in [-0.15, -0.1) is 0 Å². The molecule has 0 aromatic carbocycles. The molecular weight excluding hydrogens is 230 g/mol. The van der Waals surface area contributed by atoms with Gasteiger partial charge < -0.3 is 5.32 Å². The number of rotatable bonds is 5. The fourth-order valence-electron chi connectivity index (χ4n) is 1.11. The molecule has 5 heteroatoms. The standard InChI is InChI=1S/C10H16ClN3S/c1-7-6-13-10(11)14-9(7)12-5-4-8(2)15-3/h6,8H,4-5H2,1-3H3,(H,12,13,14). The van der Waals surface area contributed by atoms with Gasteiger partial charge in [0.05, 0.1) is 0 Å². The van der Waals surface area contributed by atoms with Crippen molar-refractivity contribution in [3.05, 3.63) is 17.0 Å². The van der Waals surface area contributed by atoms with Crippen LogP contribution >= 0.6 is 23.4 Å². The minimum Gasteiger partial charge on any atom is -0.370 e. The molecule has 0 bridgehead atoms. The number of hydrogen-bond acceptors (Lipinski definition) is 4. The van der Waals surface area contributed by atoms with Crippen LogP contribution < -0.4 is 5.32 Å². The van der Waals surface area contributed by atoms with E-state index in [9.17, 15) is 0 Å². The number of hydrogen-bond donors (Lipinski definition) is 1. The van der Waals surface area contributed by atoms with Crippen LogP contribution in [0.5, 0.6) is 0 Å². The Bertz CT molecular complexity index is 320. The molecule has 0 aliphatic heterocycles. The van der Waals surface area contributed by atoms with Crippen LogP contribution in [-0.4, -0.2) is 28.0 Å². The van der Waals surface area contributed by atoms with Gasteiger partial charge in [-0.2, -0.15) is 11.8 Å². The molecule has 0 aliphatic carbocycles. The third-order valence-corrected chi connectivity index (χ3v) is 3.41. The highest BCUT2D eigenvalue weighted by atomic mass is 35.5. The summed E-state index contributed by atoms with van der Waals surface area (Å²) in [5.41, 5.74) is 1.02. The summed E-state index contributed by atoms with van der Waals surface area (Å²) in [4.78, 5) is 8.04. The van der Waals surface area contributed by atoms with Gasteiger partial charge in [0.25, 0.3) is 0 Å². The SMILES string of the molecule is CSC(C)CCNc1nc(Cl)ncc1C. The zero-order chi connectivity index (χ0) is 11.3. The van der Waals surface area contributed by atoms with Crippen molar-refractivity contribution in [2.45, 2.75) is 25.5 Å². The van der Waals surface area contributed by atoms with Crippen molar-refractivity contribution in [3.8, 4) is 0 Å². The quantitative estimate of drug-likeness (QED) is 0.810. The minimum atomic E-state index is 0.293. The summed E-state index contributed by atoms with van der Waals surface area (Å²) in [6, 6.07) is 0. The maximum absolute atomic E-state index is 5.72. The topological polar surface area (TPSA) is 37.8 Å². The molecule has 0 aliphatic rings. The van der Waals surface area contributed by atoms with E-state index in [0.717, 1.165) is 24.3 Å². The van der Waals surface area contributed by atoms with Gasteiger partial charge in [0.2, 0.25) is 5.28 Å². The third-order valence-electron chi connectivity index (χ3n) is 2.19. The lowest BCUT2D eigenvalue weighted by Crippen LogP contribution is -2.10. The van der Waals surface area contributed by atoms with Gasteiger partial charge in [0.1, 0.15) is 5.82 Å². The van der Waals surface area contributed by atoms with Gasteiger partial charge in [-0.3, -0.25) is 0 Å². The van der Waals surface area contributed by atoms with Crippen molar-refractivity contribution in [1.82, 2.24) is 9.97 Å². The zero-order valence-corrected chi connectivity index (χ0v) is 10.8. The van der Waals surface area contributed by atoms with E-state index in [4.69, 9.17) is 11.6 Å². The summed E-state index contributed by atoms with van der Waals surface area (Å²) in [6.45, 7) is 5.10. The Labute approximate surface area is 100 Å². The Morgan fingerprint density at radius 3 is 3.00 bits per heavy atom. The largest absolute Gasteiger partial charge is 0.370 e. The lowest BCUT2D eigenvalue weighted by molar-refractivity contribution is 0.847. The predicted octanol–water partition coefficient (Wildman–Crippen LogP) is 2.99. The molecular formula is C10H16ClN3S. The molecule has 1 aromatic rings. The van der Waals surface area contributed by atoms with Crippen LogP contribution in [0.1, 0.15) is 18.9 Å². The lowest BCUT2D eigenvalue weighted by Gasteiger charge is -2.10. The van der Waals surface area contributed by atoms with Crippen LogP contribution in [0.3, 0.4) is 0 Å². The summed E-state index contributed by atoms with van der Waals surface area (Å²) >= 11 is 7.59. The molecule has 0 amide bonds. The summed E-state index contributed by atoms with van der Waals surface area (Å²) in [5.74, 6) is 0.836. The molecule has 1 rings (SSSR count). The molecule has 1 N–H and O–H groups in total. The molecule has 0 spiro atoms. The van der Waals surface area contributed by atoms with Gasteiger partial charge in [0.15, 0.2) is 0 Å². The number of aromatic nitrogens is 2. The van der Waals surface area contributed by atoms with E-state index in [0.29, 0.717) is 10.5 Å². The maximum atomic E-state index is 5.72. The van der Waals surface area contributed by atoms with Crippen LogP contribution in [0.2, 0.25) is 5.28 Å². The fourth-order valence-corrected chi connectivity index (χ4v) is 1.60. The number of halogens is 1. The van der Waals surface area contributed by atoms with Crippen molar-refractivity contribution >= 4 is 29.2 Å². The minimum absolute atomic E-state index is 0.293. The number of aryl methyl sites for hydroxylation is 1. The van der Waals surface area contributed by atoms with Crippen LogP contribution in [-0.2, 0) is 0 Å². The molecule has 3 nitrogen and oxygen atoms in total. The number of nitrogens with one attached hydrogen (secondary N) is 1. The molecule has 0 saturated carbocycles. The van der Waals surface area contributed by atoms with Crippen molar-refractivity contribution < 1.29 is 0 Å². The Morgan fingerprint density at radius 2 is 2.33 bits per heavy atom. The smallest absolute Gasteiger partial charge is 0.224 e. The van der Waals surface area contributed by atoms with Gasteiger partial charge >= 0.3 is 0 Å². The molecule has 1 heterocycles. The summed E-state index contributed by atoms with van der Waals surface area (Å²) in [5, 5.41) is 4.22.